The highest BCUT2D eigenvalue weighted by Crippen LogP contribution is 2.36. The summed E-state index contributed by atoms with van der Waals surface area (Å²) >= 11 is 1.76. The summed E-state index contributed by atoms with van der Waals surface area (Å²) in [5.41, 5.74) is 2.83. The van der Waals surface area contributed by atoms with Crippen molar-refractivity contribution in [3.63, 3.8) is 0 Å². The largest absolute Gasteiger partial charge is 0.457 e. The van der Waals surface area contributed by atoms with Gasteiger partial charge in [0.15, 0.2) is 0 Å². The molecule has 0 amide bonds. The summed E-state index contributed by atoms with van der Waals surface area (Å²) in [5, 5.41) is 0.489. The van der Waals surface area contributed by atoms with Crippen LogP contribution in [0.25, 0.3) is 11.1 Å². The molecular weight excluding hydrogens is 299 g/mol. The van der Waals surface area contributed by atoms with Gasteiger partial charge in [-0.3, -0.25) is 0 Å². The average molecular weight is 316 g/mol. The standard InChI is InChI=1S/C18H17FO2S/c1-3-11(2)22-14-6-7-15-17(9-14)16-8-13(19)5-4-12(16)10-21-18(15)20/h4-9,11H,3,10H2,1-2H3. The van der Waals surface area contributed by atoms with Crippen LogP contribution < -0.4 is 0 Å². The third-order valence-electron chi connectivity index (χ3n) is 3.84. The fourth-order valence-corrected chi connectivity index (χ4v) is 3.42. The van der Waals surface area contributed by atoms with Crippen LogP contribution in [0.1, 0.15) is 36.2 Å². The Balaban J connectivity index is 2.13. The second-order valence-corrected chi connectivity index (χ2v) is 6.93. The van der Waals surface area contributed by atoms with Gasteiger partial charge in [-0.2, -0.15) is 0 Å². The number of hydrogen-bond donors (Lipinski definition) is 0. The molecule has 1 atom stereocenters. The maximum Gasteiger partial charge on any atom is 0.339 e. The van der Waals surface area contributed by atoms with E-state index in [4.69, 9.17) is 4.74 Å². The van der Waals surface area contributed by atoms with Gasteiger partial charge in [0.2, 0.25) is 0 Å². The summed E-state index contributed by atoms with van der Waals surface area (Å²) in [6.45, 7) is 4.48. The molecule has 2 nitrogen and oxygen atoms in total. The zero-order chi connectivity index (χ0) is 15.7. The topological polar surface area (TPSA) is 26.3 Å². The quantitative estimate of drug-likeness (QED) is 0.585. The summed E-state index contributed by atoms with van der Waals surface area (Å²) in [6.07, 6.45) is 1.06. The van der Waals surface area contributed by atoms with Crippen LogP contribution in [-0.2, 0) is 11.3 Å². The summed E-state index contributed by atoms with van der Waals surface area (Å²) in [6, 6.07) is 10.2. The van der Waals surface area contributed by atoms with Gasteiger partial charge in [0.05, 0.1) is 5.56 Å². The highest BCUT2D eigenvalue weighted by atomic mass is 32.2. The third-order valence-corrected chi connectivity index (χ3v) is 5.11. The minimum Gasteiger partial charge on any atom is -0.457 e. The van der Waals surface area contributed by atoms with Gasteiger partial charge in [-0.05, 0) is 53.4 Å². The first-order valence-corrected chi connectivity index (χ1v) is 8.23. The fraction of sp³-hybridized carbons (Fsp3) is 0.278. The Hall–Kier alpha value is -1.81. The molecule has 0 fully saturated rings. The summed E-state index contributed by atoms with van der Waals surface area (Å²) in [7, 11) is 0. The van der Waals surface area contributed by atoms with Crippen molar-refractivity contribution in [3.8, 4) is 11.1 Å². The van der Waals surface area contributed by atoms with Gasteiger partial charge in [-0.1, -0.05) is 19.9 Å². The zero-order valence-electron chi connectivity index (χ0n) is 12.6. The second kappa shape index (κ2) is 6.13. The number of halogens is 1. The SMILES string of the molecule is CCC(C)Sc1ccc2c(c1)-c1cc(F)ccc1COC2=O. The normalized spacial score (nSPS) is 14.6. The molecule has 0 bridgehead atoms. The number of esters is 1. The van der Waals surface area contributed by atoms with E-state index >= 15 is 0 Å². The minimum atomic E-state index is -0.355. The summed E-state index contributed by atoms with van der Waals surface area (Å²) in [4.78, 5) is 13.2. The summed E-state index contributed by atoms with van der Waals surface area (Å²) in [5.74, 6) is -0.661. The van der Waals surface area contributed by atoms with Crippen molar-refractivity contribution in [2.75, 3.05) is 0 Å². The Labute approximate surface area is 133 Å². The summed E-state index contributed by atoms with van der Waals surface area (Å²) < 4.78 is 18.9. The van der Waals surface area contributed by atoms with Gasteiger partial charge in [-0.15, -0.1) is 11.8 Å². The van der Waals surface area contributed by atoms with Crippen LogP contribution in [-0.4, -0.2) is 11.2 Å². The van der Waals surface area contributed by atoms with Crippen LogP contribution in [0.4, 0.5) is 4.39 Å². The van der Waals surface area contributed by atoms with E-state index in [1.54, 1.807) is 23.9 Å². The number of fused-ring (bicyclic) bond motifs is 3. The van der Waals surface area contributed by atoms with E-state index in [0.717, 1.165) is 28.0 Å². The van der Waals surface area contributed by atoms with E-state index in [1.807, 2.05) is 12.1 Å². The first-order chi connectivity index (χ1) is 10.6. The van der Waals surface area contributed by atoms with E-state index in [0.29, 0.717) is 10.8 Å². The molecule has 0 aromatic heterocycles. The number of ether oxygens (including phenoxy) is 1. The minimum absolute atomic E-state index is 0.178. The molecule has 4 heteroatoms. The number of hydrogen-bond acceptors (Lipinski definition) is 3. The van der Waals surface area contributed by atoms with Gasteiger partial charge in [-0.25, -0.2) is 9.18 Å². The maximum absolute atomic E-state index is 13.7. The number of cyclic esters (lactones) is 1. The van der Waals surface area contributed by atoms with Gasteiger partial charge < -0.3 is 4.74 Å². The van der Waals surface area contributed by atoms with Crippen molar-refractivity contribution in [1.29, 1.82) is 0 Å². The molecule has 1 aliphatic heterocycles. The van der Waals surface area contributed by atoms with E-state index < -0.39 is 0 Å². The molecule has 0 spiro atoms. The predicted molar refractivity (Wildman–Crippen MR) is 86.6 cm³/mol. The van der Waals surface area contributed by atoms with Crippen molar-refractivity contribution in [1.82, 2.24) is 0 Å². The van der Waals surface area contributed by atoms with E-state index in [9.17, 15) is 9.18 Å². The lowest BCUT2D eigenvalue weighted by Gasteiger charge is -2.12. The lowest BCUT2D eigenvalue weighted by molar-refractivity contribution is 0.0479. The van der Waals surface area contributed by atoms with Crippen LogP contribution in [0.5, 0.6) is 0 Å². The molecule has 0 radical (unpaired) electrons. The van der Waals surface area contributed by atoms with E-state index in [-0.39, 0.29) is 18.4 Å². The number of thioether (sulfide) groups is 1. The van der Waals surface area contributed by atoms with Gasteiger partial charge >= 0.3 is 5.97 Å². The van der Waals surface area contributed by atoms with Crippen LogP contribution in [0, 0.1) is 5.82 Å². The van der Waals surface area contributed by atoms with Crippen molar-refractivity contribution in [2.45, 2.75) is 37.0 Å². The van der Waals surface area contributed by atoms with Crippen molar-refractivity contribution >= 4 is 17.7 Å². The van der Waals surface area contributed by atoms with E-state index in [2.05, 4.69) is 13.8 Å². The molecule has 0 saturated heterocycles. The predicted octanol–water partition coefficient (Wildman–Crippen LogP) is 5.05. The Morgan fingerprint density at radius 3 is 2.77 bits per heavy atom. The fourth-order valence-electron chi connectivity index (χ4n) is 2.46. The monoisotopic (exact) mass is 316 g/mol. The Morgan fingerprint density at radius 1 is 1.18 bits per heavy atom. The Kier molecular flexibility index (Phi) is 4.21. The van der Waals surface area contributed by atoms with E-state index in [1.165, 1.54) is 12.1 Å². The molecule has 2 aromatic carbocycles. The lowest BCUT2D eigenvalue weighted by Crippen LogP contribution is -2.03. The number of benzene rings is 2. The van der Waals surface area contributed by atoms with Crippen LogP contribution in [0.3, 0.4) is 0 Å². The average Bonchev–Trinajstić information content (AvgIpc) is 2.65. The maximum atomic E-state index is 13.7. The zero-order valence-corrected chi connectivity index (χ0v) is 13.4. The number of rotatable bonds is 3. The molecule has 3 rings (SSSR count). The van der Waals surface area contributed by atoms with Crippen LogP contribution in [0.15, 0.2) is 41.3 Å². The highest BCUT2D eigenvalue weighted by molar-refractivity contribution is 7.99. The third kappa shape index (κ3) is 2.88. The second-order valence-electron chi connectivity index (χ2n) is 5.42. The van der Waals surface area contributed by atoms with Crippen LogP contribution in [0.2, 0.25) is 0 Å². The number of carbonyl (C=O) groups is 1. The molecule has 114 valence electrons. The Morgan fingerprint density at radius 2 is 2.00 bits per heavy atom. The van der Waals surface area contributed by atoms with Gasteiger partial charge in [0.25, 0.3) is 0 Å². The molecule has 0 aliphatic carbocycles. The molecule has 1 heterocycles. The van der Waals surface area contributed by atoms with Crippen molar-refractivity contribution in [3.05, 3.63) is 53.3 Å². The lowest BCUT2D eigenvalue weighted by atomic mass is 9.96. The molecule has 0 saturated carbocycles. The molecule has 22 heavy (non-hydrogen) atoms. The van der Waals surface area contributed by atoms with Crippen molar-refractivity contribution in [2.24, 2.45) is 0 Å². The smallest absolute Gasteiger partial charge is 0.339 e. The van der Waals surface area contributed by atoms with Gasteiger partial charge in [0.1, 0.15) is 12.4 Å². The molecule has 0 N–H and O–H groups in total. The van der Waals surface area contributed by atoms with Gasteiger partial charge in [0, 0.05) is 10.1 Å². The Bertz CT molecular complexity index is 727. The number of carbonyl (C=O) groups excluding carboxylic acids is 1. The molecular formula is C18H17FO2S. The molecule has 1 unspecified atom stereocenters. The van der Waals surface area contributed by atoms with Crippen molar-refractivity contribution < 1.29 is 13.9 Å². The first kappa shape index (κ1) is 15.1. The van der Waals surface area contributed by atoms with Crippen LogP contribution >= 0.6 is 11.8 Å². The highest BCUT2D eigenvalue weighted by Gasteiger charge is 2.22. The molecule has 1 aliphatic rings. The first-order valence-electron chi connectivity index (χ1n) is 7.35. The molecule has 2 aromatic rings.